The van der Waals surface area contributed by atoms with Crippen LogP contribution < -0.4 is 5.32 Å². The van der Waals surface area contributed by atoms with Crippen LogP contribution in [0.1, 0.15) is 17.1 Å². The quantitative estimate of drug-likeness (QED) is 0.885. The van der Waals surface area contributed by atoms with Gasteiger partial charge in [0.25, 0.3) is 0 Å². The van der Waals surface area contributed by atoms with Crippen LogP contribution in [0.4, 0.5) is 4.79 Å². The van der Waals surface area contributed by atoms with E-state index in [9.17, 15) is 4.79 Å². The molecule has 0 aromatic carbocycles. The van der Waals surface area contributed by atoms with Crippen LogP contribution in [-0.4, -0.2) is 63.3 Å². The zero-order chi connectivity index (χ0) is 16.8. The maximum absolute atomic E-state index is 12.3. The van der Waals surface area contributed by atoms with Gasteiger partial charge in [-0.15, -0.1) is 11.3 Å². The van der Waals surface area contributed by atoms with Gasteiger partial charge in [-0.05, 0) is 17.9 Å². The summed E-state index contributed by atoms with van der Waals surface area (Å²) in [6.45, 7) is 5.13. The first-order valence-electron chi connectivity index (χ1n) is 8.33. The van der Waals surface area contributed by atoms with Crippen molar-refractivity contribution in [1.82, 2.24) is 29.9 Å². The van der Waals surface area contributed by atoms with Gasteiger partial charge in [0.2, 0.25) is 0 Å². The fourth-order valence-corrected chi connectivity index (χ4v) is 3.64. The van der Waals surface area contributed by atoms with E-state index in [-0.39, 0.29) is 6.03 Å². The Kier molecular flexibility index (Phi) is 5.81. The van der Waals surface area contributed by atoms with Gasteiger partial charge in [0.15, 0.2) is 0 Å². The third-order valence-electron chi connectivity index (χ3n) is 4.27. The molecule has 8 heteroatoms. The zero-order valence-electron chi connectivity index (χ0n) is 14.0. The molecule has 0 atom stereocenters. The molecule has 0 spiro atoms. The molecule has 0 saturated carbocycles. The van der Waals surface area contributed by atoms with Crippen molar-refractivity contribution in [3.63, 3.8) is 0 Å². The average molecular weight is 348 g/mol. The lowest BCUT2D eigenvalue weighted by molar-refractivity contribution is 0.198. The molecule has 2 amide bonds. The summed E-state index contributed by atoms with van der Waals surface area (Å²) in [5.41, 5.74) is 0. The molecule has 130 valence electrons. The first kappa shape index (κ1) is 16.9. The molecular formula is C16H24N6OS. The third-order valence-corrected chi connectivity index (χ3v) is 5.13. The number of carbonyl (C=O) groups excluding carboxylic acids is 1. The molecule has 0 aliphatic carbocycles. The van der Waals surface area contributed by atoms with E-state index in [0.29, 0.717) is 13.0 Å². The number of nitrogens with zero attached hydrogens (tertiary/aromatic N) is 5. The second kappa shape index (κ2) is 8.25. The minimum atomic E-state index is 0.0233. The molecule has 0 unspecified atom stereocenters. The van der Waals surface area contributed by atoms with Crippen LogP contribution >= 0.6 is 11.3 Å². The van der Waals surface area contributed by atoms with E-state index in [0.717, 1.165) is 45.0 Å². The molecule has 0 bridgehead atoms. The van der Waals surface area contributed by atoms with Crippen molar-refractivity contribution >= 4 is 17.4 Å². The Balaban J connectivity index is 1.41. The van der Waals surface area contributed by atoms with Crippen molar-refractivity contribution in [2.24, 2.45) is 7.05 Å². The van der Waals surface area contributed by atoms with Gasteiger partial charge in [0.05, 0.1) is 0 Å². The number of aryl methyl sites for hydroxylation is 1. The number of carbonyl (C=O) groups is 1. The monoisotopic (exact) mass is 348 g/mol. The Hall–Kier alpha value is -1.93. The Morgan fingerprint density at radius 1 is 1.33 bits per heavy atom. The lowest BCUT2D eigenvalue weighted by atomic mass is 10.3. The van der Waals surface area contributed by atoms with Crippen molar-refractivity contribution in [3.8, 4) is 0 Å². The van der Waals surface area contributed by atoms with Crippen molar-refractivity contribution < 1.29 is 4.79 Å². The number of aromatic nitrogens is 3. The summed E-state index contributed by atoms with van der Waals surface area (Å²) in [5, 5.41) is 9.14. The molecule has 2 aromatic rings. The third kappa shape index (κ3) is 4.55. The standard InChI is InChI=1S/C16H24N6OS/c1-20-15(18-13-19-20)5-6-17-16(23)22-8-3-7-21(9-10-22)12-14-4-2-11-24-14/h2,4,11,13H,3,5-10,12H2,1H3,(H,17,23). The molecule has 2 aromatic heterocycles. The molecule has 0 radical (unpaired) electrons. The van der Waals surface area contributed by atoms with Crippen molar-refractivity contribution in [2.75, 3.05) is 32.7 Å². The van der Waals surface area contributed by atoms with Crippen LogP contribution in [0.2, 0.25) is 0 Å². The number of rotatable bonds is 5. The highest BCUT2D eigenvalue weighted by molar-refractivity contribution is 7.09. The number of hydrogen-bond donors (Lipinski definition) is 1. The highest BCUT2D eigenvalue weighted by Crippen LogP contribution is 2.13. The van der Waals surface area contributed by atoms with Crippen LogP contribution in [0, 0.1) is 0 Å². The summed E-state index contributed by atoms with van der Waals surface area (Å²) >= 11 is 1.79. The highest BCUT2D eigenvalue weighted by atomic mass is 32.1. The number of amides is 2. The maximum atomic E-state index is 12.3. The highest BCUT2D eigenvalue weighted by Gasteiger charge is 2.19. The molecular weight excluding hydrogens is 324 g/mol. The smallest absolute Gasteiger partial charge is 0.317 e. The minimum Gasteiger partial charge on any atom is -0.338 e. The first-order chi connectivity index (χ1) is 11.7. The molecule has 24 heavy (non-hydrogen) atoms. The van der Waals surface area contributed by atoms with Crippen LogP contribution in [-0.2, 0) is 20.0 Å². The molecule has 1 aliphatic heterocycles. The maximum Gasteiger partial charge on any atom is 0.317 e. The normalized spacial score (nSPS) is 16.1. The Morgan fingerprint density at radius 3 is 3.00 bits per heavy atom. The molecule has 3 heterocycles. The predicted octanol–water partition coefficient (Wildman–Crippen LogP) is 1.34. The molecule has 1 fully saturated rings. The minimum absolute atomic E-state index is 0.0233. The van der Waals surface area contributed by atoms with E-state index < -0.39 is 0 Å². The lowest BCUT2D eigenvalue weighted by Crippen LogP contribution is -2.42. The second-order valence-corrected chi connectivity index (χ2v) is 7.01. The van der Waals surface area contributed by atoms with Crippen LogP contribution in [0.25, 0.3) is 0 Å². The van der Waals surface area contributed by atoms with E-state index >= 15 is 0 Å². The SMILES string of the molecule is Cn1ncnc1CCNC(=O)N1CCCN(Cc2cccs2)CC1. The topological polar surface area (TPSA) is 66.3 Å². The lowest BCUT2D eigenvalue weighted by Gasteiger charge is -2.22. The Morgan fingerprint density at radius 2 is 2.25 bits per heavy atom. The molecule has 3 rings (SSSR count). The summed E-state index contributed by atoms with van der Waals surface area (Å²) in [6, 6.07) is 4.29. The van der Waals surface area contributed by atoms with Crippen molar-refractivity contribution in [2.45, 2.75) is 19.4 Å². The van der Waals surface area contributed by atoms with E-state index in [4.69, 9.17) is 0 Å². The van der Waals surface area contributed by atoms with E-state index in [1.165, 1.54) is 11.2 Å². The summed E-state index contributed by atoms with van der Waals surface area (Å²) in [4.78, 5) is 22.2. The van der Waals surface area contributed by atoms with Gasteiger partial charge < -0.3 is 10.2 Å². The van der Waals surface area contributed by atoms with Gasteiger partial charge in [-0.25, -0.2) is 9.78 Å². The predicted molar refractivity (Wildman–Crippen MR) is 93.9 cm³/mol. The summed E-state index contributed by atoms with van der Waals surface area (Å²) in [5.74, 6) is 0.883. The number of thiophene rings is 1. The van der Waals surface area contributed by atoms with Crippen LogP contribution in [0.3, 0.4) is 0 Å². The number of hydrogen-bond acceptors (Lipinski definition) is 5. The summed E-state index contributed by atoms with van der Waals surface area (Å²) in [7, 11) is 1.86. The molecule has 1 aliphatic rings. The van der Waals surface area contributed by atoms with Crippen molar-refractivity contribution in [1.29, 1.82) is 0 Å². The molecule has 1 saturated heterocycles. The van der Waals surface area contributed by atoms with Crippen LogP contribution in [0.5, 0.6) is 0 Å². The largest absolute Gasteiger partial charge is 0.338 e. The Bertz CT molecular complexity index is 641. The van der Waals surface area contributed by atoms with Gasteiger partial charge in [-0.3, -0.25) is 9.58 Å². The van der Waals surface area contributed by atoms with Gasteiger partial charge in [0.1, 0.15) is 12.2 Å². The van der Waals surface area contributed by atoms with Crippen molar-refractivity contribution in [3.05, 3.63) is 34.5 Å². The molecule has 1 N–H and O–H groups in total. The van der Waals surface area contributed by atoms with E-state index in [1.807, 2.05) is 11.9 Å². The summed E-state index contributed by atoms with van der Waals surface area (Å²) < 4.78 is 1.74. The van der Waals surface area contributed by atoms with Gasteiger partial charge >= 0.3 is 6.03 Å². The second-order valence-electron chi connectivity index (χ2n) is 5.98. The van der Waals surface area contributed by atoms with Gasteiger partial charge in [0, 0.05) is 57.6 Å². The van der Waals surface area contributed by atoms with Crippen LogP contribution in [0.15, 0.2) is 23.8 Å². The first-order valence-corrected chi connectivity index (χ1v) is 9.21. The zero-order valence-corrected chi connectivity index (χ0v) is 14.8. The fourth-order valence-electron chi connectivity index (χ4n) is 2.89. The molecule has 7 nitrogen and oxygen atoms in total. The Labute approximate surface area is 146 Å². The average Bonchev–Trinajstić information content (AvgIpc) is 3.16. The number of nitrogens with one attached hydrogen (secondary N) is 1. The van der Waals surface area contributed by atoms with Gasteiger partial charge in [-0.2, -0.15) is 5.10 Å². The number of urea groups is 1. The van der Waals surface area contributed by atoms with E-state index in [2.05, 4.69) is 37.8 Å². The van der Waals surface area contributed by atoms with E-state index in [1.54, 1.807) is 16.0 Å². The fraction of sp³-hybridized carbons (Fsp3) is 0.562. The van der Waals surface area contributed by atoms with Gasteiger partial charge in [-0.1, -0.05) is 6.07 Å². The summed E-state index contributed by atoms with van der Waals surface area (Å²) in [6.07, 6.45) is 3.25.